The van der Waals surface area contributed by atoms with E-state index in [9.17, 15) is 15.3 Å². The summed E-state index contributed by atoms with van der Waals surface area (Å²) in [6.45, 7) is -0.421. The molecule has 25 heavy (non-hydrogen) atoms. The van der Waals surface area contributed by atoms with Crippen molar-refractivity contribution in [2.45, 2.75) is 24.5 Å². The van der Waals surface area contributed by atoms with Crippen LogP contribution in [0.1, 0.15) is 6.23 Å². The maximum Gasteiger partial charge on any atom is 0.206 e. The van der Waals surface area contributed by atoms with Crippen LogP contribution in [0, 0.1) is 0 Å². The maximum atomic E-state index is 10.3. The van der Waals surface area contributed by atoms with Crippen molar-refractivity contribution >= 4 is 56.6 Å². The molecule has 3 N–H and O–H groups in total. The molecule has 0 radical (unpaired) electrons. The Morgan fingerprint density at radius 1 is 1.00 bits per heavy atom. The van der Waals surface area contributed by atoms with E-state index in [-0.39, 0.29) is 5.28 Å². The normalized spacial score (nSPS) is 26.8. The molecule has 0 aliphatic carbocycles. The molecule has 1 aliphatic rings. The second kappa shape index (κ2) is 6.25. The smallest absolute Gasteiger partial charge is 0.206 e. The molecule has 2 aromatic carbocycles. The lowest BCUT2D eigenvalue weighted by Crippen LogP contribution is -2.33. The molecule has 3 aromatic rings. The Morgan fingerprint density at radius 3 is 2.24 bits per heavy atom. The minimum Gasteiger partial charge on any atom is -0.394 e. The molecule has 0 amide bonds. The first kappa shape index (κ1) is 17.3. The van der Waals surface area contributed by atoms with Crippen molar-refractivity contribution in [3.05, 3.63) is 39.6 Å². The summed E-state index contributed by atoms with van der Waals surface area (Å²) in [6, 6.07) is 7.07. The minimum atomic E-state index is -1.25. The van der Waals surface area contributed by atoms with Crippen molar-refractivity contribution < 1.29 is 20.1 Å². The van der Waals surface area contributed by atoms with Gasteiger partial charge in [0.1, 0.15) is 18.3 Å². The molecule has 1 saturated heterocycles. The zero-order valence-corrected chi connectivity index (χ0v) is 14.9. The summed E-state index contributed by atoms with van der Waals surface area (Å²) in [4.78, 5) is 4.29. The number of aromatic nitrogens is 2. The largest absolute Gasteiger partial charge is 0.394 e. The van der Waals surface area contributed by atoms with Gasteiger partial charge >= 0.3 is 0 Å². The van der Waals surface area contributed by atoms with E-state index in [0.717, 1.165) is 10.8 Å². The third-order valence-corrected chi connectivity index (χ3v) is 5.40. The van der Waals surface area contributed by atoms with Crippen LogP contribution in [0.25, 0.3) is 21.8 Å². The highest BCUT2D eigenvalue weighted by Gasteiger charge is 2.44. The van der Waals surface area contributed by atoms with E-state index in [0.29, 0.717) is 21.1 Å². The second-order valence-corrected chi connectivity index (χ2v) is 7.09. The van der Waals surface area contributed by atoms with Gasteiger partial charge in [0, 0.05) is 0 Å². The average Bonchev–Trinajstić information content (AvgIpc) is 3.03. The third kappa shape index (κ3) is 2.69. The number of benzene rings is 2. The summed E-state index contributed by atoms with van der Waals surface area (Å²) in [5.41, 5.74) is 1.18. The lowest BCUT2D eigenvalue weighted by Gasteiger charge is -2.18. The number of halogens is 3. The average molecular weight is 404 g/mol. The Morgan fingerprint density at radius 2 is 1.64 bits per heavy atom. The molecule has 1 aliphatic heterocycles. The van der Waals surface area contributed by atoms with Gasteiger partial charge in [-0.15, -0.1) is 0 Å². The summed E-state index contributed by atoms with van der Waals surface area (Å²) in [5.74, 6) is 0. The van der Waals surface area contributed by atoms with Crippen LogP contribution in [0.3, 0.4) is 0 Å². The van der Waals surface area contributed by atoms with Crippen LogP contribution in [0.2, 0.25) is 15.3 Å². The Bertz CT molecular complexity index is 977. The summed E-state index contributed by atoms with van der Waals surface area (Å²) in [5, 5.41) is 32.1. The van der Waals surface area contributed by atoms with E-state index in [1.807, 2.05) is 0 Å². The van der Waals surface area contributed by atoms with Crippen LogP contribution >= 0.6 is 34.8 Å². The summed E-state index contributed by atoms with van der Waals surface area (Å²) in [7, 11) is 0. The van der Waals surface area contributed by atoms with Gasteiger partial charge in [0.25, 0.3) is 0 Å². The lowest BCUT2D eigenvalue weighted by molar-refractivity contribution is -0.0507. The van der Waals surface area contributed by atoms with Crippen LogP contribution in [-0.4, -0.2) is 49.8 Å². The number of rotatable bonds is 2. The zero-order valence-electron chi connectivity index (χ0n) is 12.6. The van der Waals surface area contributed by atoms with Crippen LogP contribution in [0.15, 0.2) is 24.3 Å². The molecule has 1 aromatic heterocycles. The van der Waals surface area contributed by atoms with E-state index in [1.165, 1.54) is 4.57 Å². The number of hydrogen-bond donors (Lipinski definition) is 3. The molecular weight excluding hydrogens is 391 g/mol. The Labute approximate surface area is 157 Å². The maximum absolute atomic E-state index is 10.3. The first-order valence-corrected chi connectivity index (χ1v) is 8.63. The molecule has 0 saturated carbocycles. The highest BCUT2D eigenvalue weighted by molar-refractivity contribution is 6.42. The molecule has 4 rings (SSSR count). The number of imidazole rings is 1. The SMILES string of the molecule is OC[C@H]1OC(n2c(Cl)nc3cc4cc(Cl)c(Cl)cc4cc32)[C@H](O)[C@@H]1O. The highest BCUT2D eigenvalue weighted by Crippen LogP contribution is 2.37. The van der Waals surface area contributed by atoms with Crippen LogP contribution in [0.4, 0.5) is 0 Å². The summed E-state index contributed by atoms with van der Waals surface area (Å²) in [6.07, 6.45) is -4.35. The van der Waals surface area contributed by atoms with Crippen LogP contribution < -0.4 is 0 Å². The van der Waals surface area contributed by atoms with Gasteiger partial charge in [-0.05, 0) is 46.6 Å². The first-order valence-electron chi connectivity index (χ1n) is 7.49. The first-order chi connectivity index (χ1) is 11.9. The van der Waals surface area contributed by atoms with E-state index < -0.39 is 31.1 Å². The predicted octanol–water partition coefficient (Wildman–Crippen LogP) is 2.76. The summed E-state index contributed by atoms with van der Waals surface area (Å²) < 4.78 is 7.05. The van der Waals surface area contributed by atoms with E-state index in [2.05, 4.69) is 4.98 Å². The molecule has 0 spiro atoms. The number of aliphatic hydroxyl groups is 3. The Hall–Kier alpha value is -1.12. The fourth-order valence-electron chi connectivity index (χ4n) is 3.14. The Balaban J connectivity index is 1.91. The van der Waals surface area contributed by atoms with Gasteiger partial charge in [0.05, 0.1) is 27.7 Å². The molecule has 0 bridgehead atoms. The molecule has 9 heteroatoms. The second-order valence-electron chi connectivity index (χ2n) is 5.93. The monoisotopic (exact) mass is 402 g/mol. The van der Waals surface area contributed by atoms with Crippen molar-refractivity contribution in [1.29, 1.82) is 0 Å². The fraction of sp³-hybridized carbons (Fsp3) is 0.312. The van der Waals surface area contributed by atoms with Gasteiger partial charge in [0.2, 0.25) is 5.28 Å². The van der Waals surface area contributed by atoms with Crippen molar-refractivity contribution in [1.82, 2.24) is 9.55 Å². The van der Waals surface area contributed by atoms with Crippen LogP contribution in [-0.2, 0) is 4.74 Å². The van der Waals surface area contributed by atoms with Gasteiger partial charge < -0.3 is 20.1 Å². The standard InChI is InChI=1S/C16H13Cl3N2O4/c17-8-1-6-3-10-11(4-7(6)2-9(8)18)21(16(19)20-10)15-14(24)13(23)12(5-22)25-15/h1-4,12-15,22-24H,5H2/t12-,13-,14-,15?/m1/s1. The highest BCUT2D eigenvalue weighted by atomic mass is 35.5. The number of nitrogens with zero attached hydrogens (tertiary/aromatic N) is 2. The summed E-state index contributed by atoms with van der Waals surface area (Å²) >= 11 is 18.4. The van der Waals surface area contributed by atoms with E-state index >= 15 is 0 Å². The molecular formula is C16H13Cl3N2O4. The van der Waals surface area contributed by atoms with Gasteiger partial charge in [0.15, 0.2) is 6.23 Å². The third-order valence-electron chi connectivity index (χ3n) is 4.42. The van der Waals surface area contributed by atoms with Gasteiger partial charge in [-0.25, -0.2) is 4.98 Å². The topological polar surface area (TPSA) is 87.7 Å². The van der Waals surface area contributed by atoms with Crippen LogP contribution in [0.5, 0.6) is 0 Å². The molecule has 2 heterocycles. The number of ether oxygens (including phenoxy) is 1. The Kier molecular flexibility index (Phi) is 4.32. The number of aliphatic hydroxyl groups excluding tert-OH is 3. The molecule has 4 atom stereocenters. The molecule has 1 fully saturated rings. The molecule has 1 unspecified atom stereocenters. The molecule has 132 valence electrons. The number of hydrogen-bond acceptors (Lipinski definition) is 5. The van der Waals surface area contributed by atoms with E-state index in [1.54, 1.807) is 24.3 Å². The van der Waals surface area contributed by atoms with Crippen molar-refractivity contribution in [2.24, 2.45) is 0 Å². The lowest BCUT2D eigenvalue weighted by atomic mass is 10.1. The molecule has 6 nitrogen and oxygen atoms in total. The minimum absolute atomic E-state index is 0.0948. The van der Waals surface area contributed by atoms with Crippen molar-refractivity contribution in [3.63, 3.8) is 0 Å². The van der Waals surface area contributed by atoms with E-state index in [4.69, 9.17) is 39.5 Å². The van der Waals surface area contributed by atoms with Gasteiger partial charge in [-0.1, -0.05) is 23.2 Å². The zero-order chi connectivity index (χ0) is 17.9. The number of fused-ring (bicyclic) bond motifs is 2. The van der Waals surface area contributed by atoms with Crippen molar-refractivity contribution in [2.75, 3.05) is 6.61 Å². The predicted molar refractivity (Wildman–Crippen MR) is 95.3 cm³/mol. The quantitative estimate of drug-likeness (QED) is 0.612. The fourth-order valence-corrected chi connectivity index (χ4v) is 3.76. The van der Waals surface area contributed by atoms with Gasteiger partial charge in [-0.2, -0.15) is 0 Å². The van der Waals surface area contributed by atoms with Crippen molar-refractivity contribution in [3.8, 4) is 0 Å². The van der Waals surface area contributed by atoms with Gasteiger partial charge in [-0.3, -0.25) is 4.57 Å².